The number of anilines is 1. The molecule has 86 valence electrons. The number of nitriles is 1. The van der Waals surface area contributed by atoms with Gasteiger partial charge in [0.05, 0.1) is 5.56 Å². The molecule has 1 aromatic heterocycles. The highest BCUT2D eigenvalue weighted by molar-refractivity contribution is 5.52. The molecular formula is C12H18N4. The van der Waals surface area contributed by atoms with E-state index in [0.29, 0.717) is 17.9 Å². The van der Waals surface area contributed by atoms with Gasteiger partial charge in [0.2, 0.25) is 0 Å². The van der Waals surface area contributed by atoms with Crippen molar-refractivity contribution in [3.05, 3.63) is 23.9 Å². The Kier molecular flexibility index (Phi) is 3.86. The van der Waals surface area contributed by atoms with Crippen LogP contribution in [0, 0.1) is 16.7 Å². The van der Waals surface area contributed by atoms with Crippen molar-refractivity contribution in [2.45, 2.75) is 13.8 Å². The second-order valence-corrected chi connectivity index (χ2v) is 4.71. The quantitative estimate of drug-likeness (QED) is 0.829. The van der Waals surface area contributed by atoms with Crippen molar-refractivity contribution in [3.63, 3.8) is 0 Å². The minimum absolute atomic E-state index is 0.0129. The zero-order valence-electron chi connectivity index (χ0n) is 10.1. The lowest BCUT2D eigenvalue weighted by atomic mass is 9.93. The van der Waals surface area contributed by atoms with E-state index in [4.69, 9.17) is 11.0 Å². The van der Waals surface area contributed by atoms with Gasteiger partial charge in [-0.05, 0) is 24.1 Å². The van der Waals surface area contributed by atoms with Gasteiger partial charge in [-0.15, -0.1) is 0 Å². The predicted octanol–water partition coefficient (Wildman–Crippen LogP) is 1.37. The lowest BCUT2D eigenvalue weighted by Gasteiger charge is -2.30. The highest BCUT2D eigenvalue weighted by atomic mass is 15.2. The average molecular weight is 218 g/mol. The molecule has 0 aliphatic rings. The molecule has 0 aliphatic carbocycles. The Labute approximate surface area is 96.7 Å². The maximum Gasteiger partial charge on any atom is 0.146 e. The Balaban J connectivity index is 2.89. The molecule has 0 spiro atoms. The Morgan fingerprint density at radius 1 is 1.56 bits per heavy atom. The molecule has 0 saturated carbocycles. The molecule has 2 N–H and O–H groups in total. The maximum atomic E-state index is 8.98. The number of hydrogen-bond acceptors (Lipinski definition) is 4. The summed E-state index contributed by atoms with van der Waals surface area (Å²) >= 11 is 0. The summed E-state index contributed by atoms with van der Waals surface area (Å²) in [6.45, 7) is 5.57. The van der Waals surface area contributed by atoms with Gasteiger partial charge in [0.25, 0.3) is 0 Å². The van der Waals surface area contributed by atoms with Crippen LogP contribution >= 0.6 is 0 Å². The topological polar surface area (TPSA) is 65.9 Å². The van der Waals surface area contributed by atoms with Crippen molar-refractivity contribution in [2.75, 3.05) is 25.0 Å². The normalized spacial score (nSPS) is 10.9. The van der Waals surface area contributed by atoms with Crippen LogP contribution in [0.4, 0.5) is 5.82 Å². The van der Waals surface area contributed by atoms with Crippen LogP contribution in [-0.4, -0.2) is 25.1 Å². The number of nitrogens with two attached hydrogens (primary N) is 1. The van der Waals surface area contributed by atoms with E-state index in [1.54, 1.807) is 18.3 Å². The van der Waals surface area contributed by atoms with Crippen LogP contribution in [0.15, 0.2) is 18.3 Å². The lowest BCUT2D eigenvalue weighted by Crippen LogP contribution is -2.37. The Bertz CT molecular complexity index is 392. The van der Waals surface area contributed by atoms with Crippen LogP contribution in [0.3, 0.4) is 0 Å². The van der Waals surface area contributed by atoms with E-state index in [1.807, 2.05) is 11.9 Å². The van der Waals surface area contributed by atoms with E-state index < -0.39 is 0 Å². The minimum atomic E-state index is 0.0129. The van der Waals surface area contributed by atoms with Crippen molar-refractivity contribution in [1.29, 1.82) is 5.26 Å². The van der Waals surface area contributed by atoms with Crippen LogP contribution < -0.4 is 10.6 Å². The number of aromatic nitrogens is 1. The molecule has 0 aliphatic heterocycles. The van der Waals surface area contributed by atoms with Crippen LogP contribution in [0.25, 0.3) is 0 Å². The van der Waals surface area contributed by atoms with E-state index in [9.17, 15) is 0 Å². The fourth-order valence-corrected chi connectivity index (χ4v) is 1.57. The van der Waals surface area contributed by atoms with E-state index >= 15 is 0 Å². The molecule has 4 heteroatoms. The molecule has 0 unspecified atom stereocenters. The van der Waals surface area contributed by atoms with Crippen LogP contribution in [0.1, 0.15) is 19.4 Å². The Hall–Kier alpha value is -1.60. The molecule has 0 amide bonds. The number of pyridine rings is 1. The zero-order chi connectivity index (χ0) is 12.2. The molecule has 1 aromatic rings. The molecule has 1 heterocycles. The van der Waals surface area contributed by atoms with Crippen molar-refractivity contribution >= 4 is 5.82 Å². The average Bonchev–Trinajstić information content (AvgIpc) is 2.28. The van der Waals surface area contributed by atoms with Gasteiger partial charge in [-0.3, -0.25) is 0 Å². The first-order valence-electron chi connectivity index (χ1n) is 5.26. The number of nitrogens with zero attached hydrogens (tertiary/aromatic N) is 3. The first-order chi connectivity index (χ1) is 7.50. The summed E-state index contributed by atoms with van der Waals surface area (Å²) in [7, 11) is 1.93. The Morgan fingerprint density at radius 3 is 2.81 bits per heavy atom. The van der Waals surface area contributed by atoms with Crippen molar-refractivity contribution < 1.29 is 0 Å². The van der Waals surface area contributed by atoms with Crippen LogP contribution in [0.5, 0.6) is 0 Å². The SMILES string of the molecule is CN(CC(C)(C)CN)c1ncccc1C#N. The molecule has 0 fully saturated rings. The summed E-state index contributed by atoms with van der Waals surface area (Å²) < 4.78 is 0. The molecule has 1 rings (SSSR count). The van der Waals surface area contributed by atoms with Gasteiger partial charge < -0.3 is 10.6 Å². The van der Waals surface area contributed by atoms with E-state index in [2.05, 4.69) is 24.9 Å². The lowest BCUT2D eigenvalue weighted by molar-refractivity contribution is 0.384. The molecular weight excluding hydrogens is 200 g/mol. The third-order valence-electron chi connectivity index (χ3n) is 2.49. The van der Waals surface area contributed by atoms with Crippen molar-refractivity contribution in [3.8, 4) is 6.07 Å². The fourth-order valence-electron chi connectivity index (χ4n) is 1.57. The fraction of sp³-hybridized carbons (Fsp3) is 0.500. The molecule has 0 bridgehead atoms. The molecule has 0 saturated heterocycles. The van der Waals surface area contributed by atoms with Crippen LogP contribution in [-0.2, 0) is 0 Å². The van der Waals surface area contributed by atoms with Crippen LogP contribution in [0.2, 0.25) is 0 Å². The van der Waals surface area contributed by atoms with Gasteiger partial charge in [0.15, 0.2) is 0 Å². The summed E-state index contributed by atoms with van der Waals surface area (Å²) in [6, 6.07) is 5.68. The monoisotopic (exact) mass is 218 g/mol. The summed E-state index contributed by atoms with van der Waals surface area (Å²) in [4.78, 5) is 6.21. The van der Waals surface area contributed by atoms with E-state index in [1.165, 1.54) is 0 Å². The summed E-state index contributed by atoms with van der Waals surface area (Å²) in [5.41, 5.74) is 6.30. The van der Waals surface area contributed by atoms with Gasteiger partial charge >= 0.3 is 0 Å². The first kappa shape index (κ1) is 12.5. The van der Waals surface area contributed by atoms with Gasteiger partial charge in [-0.1, -0.05) is 13.8 Å². The van der Waals surface area contributed by atoms with Crippen molar-refractivity contribution in [1.82, 2.24) is 4.98 Å². The van der Waals surface area contributed by atoms with E-state index in [0.717, 1.165) is 6.54 Å². The maximum absolute atomic E-state index is 8.98. The van der Waals surface area contributed by atoms with Gasteiger partial charge in [0.1, 0.15) is 11.9 Å². The zero-order valence-corrected chi connectivity index (χ0v) is 10.1. The number of rotatable bonds is 4. The summed E-state index contributed by atoms with van der Waals surface area (Å²) in [6.07, 6.45) is 1.70. The molecule has 0 radical (unpaired) electrons. The standard InChI is InChI=1S/C12H18N4/c1-12(2,8-14)9-16(3)11-10(7-13)5-4-6-15-11/h4-6H,8-9,14H2,1-3H3. The molecule has 0 atom stereocenters. The van der Waals surface area contributed by atoms with Gasteiger partial charge in [-0.2, -0.15) is 5.26 Å². The minimum Gasteiger partial charge on any atom is -0.358 e. The second-order valence-electron chi connectivity index (χ2n) is 4.71. The van der Waals surface area contributed by atoms with Gasteiger partial charge in [0, 0.05) is 19.8 Å². The third-order valence-corrected chi connectivity index (χ3v) is 2.49. The smallest absolute Gasteiger partial charge is 0.146 e. The van der Waals surface area contributed by atoms with Crippen molar-refractivity contribution in [2.24, 2.45) is 11.1 Å². The van der Waals surface area contributed by atoms with E-state index in [-0.39, 0.29) is 5.41 Å². The first-order valence-corrected chi connectivity index (χ1v) is 5.26. The highest BCUT2D eigenvalue weighted by Gasteiger charge is 2.20. The third kappa shape index (κ3) is 2.94. The largest absolute Gasteiger partial charge is 0.358 e. The van der Waals surface area contributed by atoms with Gasteiger partial charge in [-0.25, -0.2) is 4.98 Å². The second kappa shape index (κ2) is 4.95. The molecule has 0 aromatic carbocycles. The summed E-state index contributed by atoms with van der Waals surface area (Å²) in [5, 5.41) is 8.98. The summed E-state index contributed by atoms with van der Waals surface area (Å²) in [5.74, 6) is 0.714. The Morgan fingerprint density at radius 2 is 2.25 bits per heavy atom. The predicted molar refractivity (Wildman–Crippen MR) is 65.1 cm³/mol. The highest BCUT2D eigenvalue weighted by Crippen LogP contribution is 2.20. The molecule has 16 heavy (non-hydrogen) atoms. The molecule has 4 nitrogen and oxygen atoms in total. The number of hydrogen-bond donors (Lipinski definition) is 1.